The Hall–Kier alpha value is -2.37. The van der Waals surface area contributed by atoms with Gasteiger partial charge >= 0.3 is 0 Å². The lowest BCUT2D eigenvalue weighted by Crippen LogP contribution is -2.07. The van der Waals surface area contributed by atoms with Crippen LogP contribution in [0.25, 0.3) is 32.2 Å². The summed E-state index contributed by atoms with van der Waals surface area (Å²) in [5, 5.41) is 0.650. The molecule has 6 heteroatoms. The molecule has 3 aromatic heterocycles. The Morgan fingerprint density at radius 3 is 2.82 bits per heavy atom. The zero-order valence-electron chi connectivity index (χ0n) is 11.2. The van der Waals surface area contributed by atoms with Gasteiger partial charge in [-0.05, 0) is 24.3 Å². The third kappa shape index (κ3) is 2.15. The normalized spacial score (nSPS) is 11.1. The Bertz CT molecular complexity index is 1020. The summed E-state index contributed by atoms with van der Waals surface area (Å²) in [5.41, 5.74) is 1.35. The van der Waals surface area contributed by atoms with Gasteiger partial charge in [0.25, 0.3) is 5.56 Å². The molecule has 3 heterocycles. The van der Waals surface area contributed by atoms with Crippen LogP contribution >= 0.6 is 22.9 Å². The second-order valence-electron chi connectivity index (χ2n) is 4.70. The van der Waals surface area contributed by atoms with E-state index in [0.717, 1.165) is 10.4 Å². The fraction of sp³-hybridized carbons (Fsp3) is 0. The van der Waals surface area contributed by atoms with Crippen molar-refractivity contribution in [2.75, 3.05) is 0 Å². The molecule has 0 amide bonds. The van der Waals surface area contributed by atoms with E-state index in [1.165, 1.54) is 11.3 Å². The van der Waals surface area contributed by atoms with E-state index in [2.05, 4.69) is 9.97 Å². The molecular formula is C16H9ClN2O2S. The number of H-pyrrole nitrogens is 1. The van der Waals surface area contributed by atoms with Gasteiger partial charge in [0.2, 0.25) is 0 Å². The predicted molar refractivity (Wildman–Crippen MR) is 88.4 cm³/mol. The van der Waals surface area contributed by atoms with Crippen LogP contribution in [0.2, 0.25) is 5.02 Å². The Balaban J connectivity index is 1.93. The SMILES string of the molecule is O=c1[nH]c(-c2ccco2)nc2cc(-c3ccccc3Cl)sc12. The number of nitrogens with zero attached hydrogens (tertiary/aromatic N) is 1. The van der Waals surface area contributed by atoms with Gasteiger partial charge in [0.1, 0.15) is 4.70 Å². The van der Waals surface area contributed by atoms with E-state index in [9.17, 15) is 4.79 Å². The first kappa shape index (κ1) is 13.3. The highest BCUT2D eigenvalue weighted by molar-refractivity contribution is 7.22. The van der Waals surface area contributed by atoms with Gasteiger partial charge in [-0.25, -0.2) is 4.98 Å². The summed E-state index contributed by atoms with van der Waals surface area (Å²) in [7, 11) is 0. The summed E-state index contributed by atoms with van der Waals surface area (Å²) in [6.45, 7) is 0. The minimum Gasteiger partial charge on any atom is -0.461 e. The number of hydrogen-bond donors (Lipinski definition) is 1. The molecule has 0 spiro atoms. The molecule has 0 atom stereocenters. The van der Waals surface area contributed by atoms with E-state index in [1.807, 2.05) is 30.3 Å². The van der Waals surface area contributed by atoms with Gasteiger partial charge in [-0.1, -0.05) is 29.8 Å². The zero-order chi connectivity index (χ0) is 15.1. The predicted octanol–water partition coefficient (Wildman–Crippen LogP) is 4.57. The molecule has 4 nitrogen and oxygen atoms in total. The smallest absolute Gasteiger partial charge is 0.269 e. The molecule has 0 saturated carbocycles. The highest BCUT2D eigenvalue weighted by atomic mass is 35.5. The molecule has 4 rings (SSSR count). The maximum absolute atomic E-state index is 12.3. The first-order valence-electron chi connectivity index (χ1n) is 6.55. The lowest BCUT2D eigenvalue weighted by Gasteiger charge is -1.98. The van der Waals surface area contributed by atoms with Gasteiger partial charge in [0.05, 0.1) is 11.8 Å². The fourth-order valence-electron chi connectivity index (χ4n) is 2.26. The average molecular weight is 329 g/mol. The second kappa shape index (κ2) is 5.12. The van der Waals surface area contributed by atoms with Crippen molar-refractivity contribution in [2.24, 2.45) is 0 Å². The summed E-state index contributed by atoms with van der Waals surface area (Å²) < 4.78 is 5.86. The van der Waals surface area contributed by atoms with Gasteiger partial charge in [0.15, 0.2) is 11.6 Å². The van der Waals surface area contributed by atoms with Gasteiger partial charge in [-0.15, -0.1) is 11.3 Å². The lowest BCUT2D eigenvalue weighted by atomic mass is 10.2. The first-order valence-corrected chi connectivity index (χ1v) is 7.74. The van der Waals surface area contributed by atoms with Crippen LogP contribution in [0, 0.1) is 0 Å². The van der Waals surface area contributed by atoms with E-state index in [4.69, 9.17) is 16.0 Å². The Morgan fingerprint density at radius 2 is 2.05 bits per heavy atom. The molecule has 0 fully saturated rings. The van der Waals surface area contributed by atoms with Crippen LogP contribution in [-0.2, 0) is 0 Å². The van der Waals surface area contributed by atoms with Crippen molar-refractivity contribution in [2.45, 2.75) is 0 Å². The number of benzene rings is 1. The van der Waals surface area contributed by atoms with Crippen molar-refractivity contribution < 1.29 is 4.42 Å². The molecule has 0 bridgehead atoms. The van der Waals surface area contributed by atoms with Crippen LogP contribution in [0.15, 0.2) is 57.9 Å². The van der Waals surface area contributed by atoms with Crippen LogP contribution in [0.4, 0.5) is 0 Å². The molecule has 22 heavy (non-hydrogen) atoms. The van der Waals surface area contributed by atoms with Crippen LogP contribution in [0.5, 0.6) is 0 Å². The largest absolute Gasteiger partial charge is 0.461 e. The highest BCUT2D eigenvalue weighted by Crippen LogP contribution is 2.35. The number of aromatic nitrogens is 2. The molecule has 0 radical (unpaired) electrons. The third-order valence-corrected chi connectivity index (χ3v) is 4.76. The number of halogens is 1. The average Bonchev–Trinajstić information content (AvgIpc) is 3.17. The van der Waals surface area contributed by atoms with Gasteiger partial charge in [-0.3, -0.25) is 4.79 Å². The highest BCUT2D eigenvalue weighted by Gasteiger charge is 2.13. The summed E-state index contributed by atoms with van der Waals surface area (Å²) in [4.78, 5) is 20.4. The van der Waals surface area contributed by atoms with E-state index in [-0.39, 0.29) is 5.56 Å². The Morgan fingerprint density at radius 1 is 1.18 bits per heavy atom. The zero-order valence-corrected chi connectivity index (χ0v) is 12.7. The quantitative estimate of drug-likeness (QED) is 0.586. The fourth-order valence-corrected chi connectivity index (χ4v) is 3.59. The monoisotopic (exact) mass is 328 g/mol. The standard InChI is InChI=1S/C16H9ClN2O2S/c17-10-5-2-1-4-9(10)13-8-11-14(22-13)16(20)19-15(18-11)12-6-3-7-21-12/h1-8H,(H,18,19,20). The van der Waals surface area contributed by atoms with Crippen molar-refractivity contribution in [1.29, 1.82) is 0 Å². The molecule has 0 aliphatic rings. The van der Waals surface area contributed by atoms with Crippen LogP contribution in [0.1, 0.15) is 0 Å². The third-order valence-electron chi connectivity index (χ3n) is 3.28. The Labute approximate surface area is 134 Å². The van der Waals surface area contributed by atoms with Crippen molar-refractivity contribution in [3.63, 3.8) is 0 Å². The summed E-state index contributed by atoms with van der Waals surface area (Å²) in [5.74, 6) is 0.954. The lowest BCUT2D eigenvalue weighted by molar-refractivity contribution is 0.577. The number of fused-ring (bicyclic) bond motifs is 1. The number of nitrogens with one attached hydrogen (secondary N) is 1. The molecule has 0 aliphatic carbocycles. The van der Waals surface area contributed by atoms with Crippen LogP contribution in [-0.4, -0.2) is 9.97 Å². The summed E-state index contributed by atoms with van der Waals surface area (Å²) in [6.07, 6.45) is 1.54. The van der Waals surface area contributed by atoms with E-state index < -0.39 is 0 Å². The molecule has 0 unspecified atom stereocenters. The van der Waals surface area contributed by atoms with E-state index in [0.29, 0.717) is 26.8 Å². The van der Waals surface area contributed by atoms with Crippen molar-refractivity contribution in [1.82, 2.24) is 9.97 Å². The Kier molecular flexibility index (Phi) is 3.10. The van der Waals surface area contributed by atoms with Gasteiger partial charge in [0, 0.05) is 15.5 Å². The molecule has 0 saturated heterocycles. The number of aromatic amines is 1. The number of hydrogen-bond acceptors (Lipinski definition) is 4. The summed E-state index contributed by atoms with van der Waals surface area (Å²) >= 11 is 7.60. The minimum absolute atomic E-state index is 0.181. The van der Waals surface area contributed by atoms with Crippen LogP contribution < -0.4 is 5.56 Å². The molecule has 1 N–H and O–H groups in total. The van der Waals surface area contributed by atoms with Crippen molar-refractivity contribution in [3.8, 4) is 22.0 Å². The van der Waals surface area contributed by atoms with E-state index in [1.54, 1.807) is 18.4 Å². The second-order valence-corrected chi connectivity index (χ2v) is 6.16. The van der Waals surface area contributed by atoms with E-state index >= 15 is 0 Å². The maximum atomic E-state index is 12.3. The molecule has 108 valence electrons. The summed E-state index contributed by atoms with van der Waals surface area (Å²) in [6, 6.07) is 12.9. The van der Waals surface area contributed by atoms with Gasteiger partial charge < -0.3 is 9.40 Å². The molecular weight excluding hydrogens is 320 g/mol. The number of furan rings is 1. The molecule has 4 aromatic rings. The van der Waals surface area contributed by atoms with Crippen LogP contribution in [0.3, 0.4) is 0 Å². The van der Waals surface area contributed by atoms with Crippen molar-refractivity contribution in [3.05, 3.63) is 64.1 Å². The van der Waals surface area contributed by atoms with Crippen molar-refractivity contribution >= 4 is 33.2 Å². The first-order chi connectivity index (χ1) is 10.7. The molecule has 1 aromatic carbocycles. The topological polar surface area (TPSA) is 58.9 Å². The maximum Gasteiger partial charge on any atom is 0.269 e. The molecule has 0 aliphatic heterocycles. The number of thiophene rings is 1. The minimum atomic E-state index is -0.181. The number of rotatable bonds is 2. The van der Waals surface area contributed by atoms with Gasteiger partial charge in [-0.2, -0.15) is 0 Å².